The van der Waals surface area contributed by atoms with E-state index in [1.165, 1.54) is 0 Å². The van der Waals surface area contributed by atoms with Crippen molar-refractivity contribution in [1.82, 2.24) is 0 Å². The minimum atomic E-state index is -0.853. The summed E-state index contributed by atoms with van der Waals surface area (Å²) in [5.41, 5.74) is 0. The SMILES string of the molecule is C[C@@H](O)C[C@H]1OCC[C@@H](O)[C@H]1O. The Morgan fingerprint density at radius 3 is 2.75 bits per heavy atom. The zero-order valence-corrected chi connectivity index (χ0v) is 7.18. The molecule has 4 nitrogen and oxygen atoms in total. The summed E-state index contributed by atoms with van der Waals surface area (Å²) in [5, 5.41) is 27.7. The molecule has 1 aliphatic rings. The molecule has 12 heavy (non-hydrogen) atoms. The highest BCUT2D eigenvalue weighted by atomic mass is 16.5. The Hall–Kier alpha value is -0.160. The molecule has 0 saturated carbocycles. The topological polar surface area (TPSA) is 69.9 Å². The van der Waals surface area contributed by atoms with Crippen LogP contribution in [0.2, 0.25) is 0 Å². The second-order valence-corrected chi connectivity index (χ2v) is 3.34. The Labute approximate surface area is 71.8 Å². The average Bonchev–Trinajstić information content (AvgIpc) is 1.98. The third kappa shape index (κ3) is 2.42. The van der Waals surface area contributed by atoms with E-state index in [1.807, 2.05) is 0 Å². The zero-order chi connectivity index (χ0) is 9.14. The van der Waals surface area contributed by atoms with Crippen molar-refractivity contribution in [2.75, 3.05) is 6.61 Å². The predicted molar refractivity (Wildman–Crippen MR) is 42.7 cm³/mol. The van der Waals surface area contributed by atoms with Crippen LogP contribution in [0, 0.1) is 0 Å². The monoisotopic (exact) mass is 176 g/mol. The summed E-state index contributed by atoms with van der Waals surface area (Å²) in [6.07, 6.45) is -1.64. The van der Waals surface area contributed by atoms with Crippen molar-refractivity contribution in [1.29, 1.82) is 0 Å². The molecule has 1 heterocycles. The van der Waals surface area contributed by atoms with Gasteiger partial charge in [-0.15, -0.1) is 0 Å². The standard InChI is InChI=1S/C8H16O4/c1-5(9)4-7-8(11)6(10)2-3-12-7/h5-11H,2-4H2,1H3/t5-,6-,7-,8-/m1/s1. The van der Waals surface area contributed by atoms with Gasteiger partial charge in [0, 0.05) is 13.0 Å². The molecular weight excluding hydrogens is 160 g/mol. The normalized spacial score (nSPS) is 39.5. The predicted octanol–water partition coefficient (Wildman–Crippen LogP) is -0.732. The number of aliphatic hydroxyl groups is 3. The molecule has 4 atom stereocenters. The molecular formula is C8H16O4. The molecule has 0 aliphatic carbocycles. The van der Waals surface area contributed by atoms with Crippen LogP contribution in [0.3, 0.4) is 0 Å². The fraction of sp³-hybridized carbons (Fsp3) is 1.00. The van der Waals surface area contributed by atoms with E-state index in [2.05, 4.69) is 0 Å². The van der Waals surface area contributed by atoms with E-state index in [9.17, 15) is 10.2 Å². The van der Waals surface area contributed by atoms with Crippen molar-refractivity contribution in [2.24, 2.45) is 0 Å². The number of rotatable bonds is 2. The summed E-state index contributed by atoms with van der Waals surface area (Å²) >= 11 is 0. The summed E-state index contributed by atoms with van der Waals surface area (Å²) < 4.78 is 5.20. The van der Waals surface area contributed by atoms with Crippen LogP contribution in [0.5, 0.6) is 0 Å². The Balaban J connectivity index is 2.41. The number of aliphatic hydroxyl groups excluding tert-OH is 3. The molecule has 0 amide bonds. The maximum atomic E-state index is 9.40. The lowest BCUT2D eigenvalue weighted by Gasteiger charge is -2.32. The molecule has 1 fully saturated rings. The summed E-state index contributed by atoms with van der Waals surface area (Å²) in [5.74, 6) is 0. The van der Waals surface area contributed by atoms with Gasteiger partial charge in [-0.3, -0.25) is 0 Å². The van der Waals surface area contributed by atoms with Gasteiger partial charge in [-0.05, 0) is 13.3 Å². The number of hydrogen-bond acceptors (Lipinski definition) is 4. The van der Waals surface area contributed by atoms with Crippen molar-refractivity contribution in [2.45, 2.75) is 44.2 Å². The molecule has 3 N–H and O–H groups in total. The molecule has 0 aromatic carbocycles. The first-order chi connectivity index (χ1) is 5.61. The van der Waals surface area contributed by atoms with Gasteiger partial charge in [-0.25, -0.2) is 0 Å². The molecule has 1 saturated heterocycles. The van der Waals surface area contributed by atoms with Crippen LogP contribution in [-0.2, 0) is 4.74 Å². The Morgan fingerprint density at radius 2 is 2.17 bits per heavy atom. The molecule has 0 aromatic heterocycles. The van der Waals surface area contributed by atoms with Gasteiger partial charge in [0.25, 0.3) is 0 Å². The van der Waals surface area contributed by atoms with Gasteiger partial charge in [0.1, 0.15) is 6.10 Å². The lowest BCUT2D eigenvalue weighted by Crippen LogP contribution is -2.45. The van der Waals surface area contributed by atoms with E-state index >= 15 is 0 Å². The van der Waals surface area contributed by atoms with Crippen LogP contribution >= 0.6 is 0 Å². The smallest absolute Gasteiger partial charge is 0.106 e. The molecule has 0 radical (unpaired) electrons. The third-order valence-corrected chi connectivity index (χ3v) is 2.09. The Morgan fingerprint density at radius 1 is 1.50 bits per heavy atom. The molecule has 0 spiro atoms. The van der Waals surface area contributed by atoms with Crippen molar-refractivity contribution in [3.63, 3.8) is 0 Å². The van der Waals surface area contributed by atoms with Crippen molar-refractivity contribution < 1.29 is 20.1 Å². The number of ether oxygens (including phenoxy) is 1. The largest absolute Gasteiger partial charge is 0.393 e. The highest BCUT2D eigenvalue weighted by Gasteiger charge is 2.31. The average molecular weight is 176 g/mol. The lowest BCUT2D eigenvalue weighted by molar-refractivity contribution is -0.143. The zero-order valence-electron chi connectivity index (χ0n) is 7.18. The molecule has 0 unspecified atom stereocenters. The second-order valence-electron chi connectivity index (χ2n) is 3.34. The van der Waals surface area contributed by atoms with Gasteiger partial charge in [-0.2, -0.15) is 0 Å². The summed E-state index contributed by atoms with van der Waals surface area (Å²) in [7, 11) is 0. The third-order valence-electron chi connectivity index (χ3n) is 2.09. The van der Waals surface area contributed by atoms with Gasteiger partial charge in [0.15, 0.2) is 0 Å². The number of hydrogen-bond donors (Lipinski definition) is 3. The highest BCUT2D eigenvalue weighted by Crippen LogP contribution is 2.18. The van der Waals surface area contributed by atoms with Crippen molar-refractivity contribution >= 4 is 0 Å². The Bertz CT molecular complexity index is 137. The molecule has 1 rings (SSSR count). The van der Waals surface area contributed by atoms with Gasteiger partial charge >= 0.3 is 0 Å². The first-order valence-electron chi connectivity index (χ1n) is 4.27. The van der Waals surface area contributed by atoms with Crippen LogP contribution in [-0.4, -0.2) is 46.3 Å². The molecule has 0 aromatic rings. The van der Waals surface area contributed by atoms with E-state index in [0.717, 1.165) is 0 Å². The van der Waals surface area contributed by atoms with E-state index in [0.29, 0.717) is 19.4 Å². The van der Waals surface area contributed by atoms with Gasteiger partial charge in [0.2, 0.25) is 0 Å². The quantitative estimate of drug-likeness (QED) is 0.518. The molecule has 4 heteroatoms. The lowest BCUT2D eigenvalue weighted by atomic mass is 9.98. The maximum absolute atomic E-state index is 9.40. The summed E-state index contributed by atoms with van der Waals surface area (Å²) in [6, 6.07) is 0. The summed E-state index contributed by atoms with van der Waals surface area (Å²) in [4.78, 5) is 0. The fourth-order valence-electron chi connectivity index (χ4n) is 1.40. The van der Waals surface area contributed by atoms with Gasteiger partial charge in [-0.1, -0.05) is 0 Å². The van der Waals surface area contributed by atoms with Crippen molar-refractivity contribution in [3.05, 3.63) is 0 Å². The molecule has 0 bridgehead atoms. The molecule has 1 aliphatic heterocycles. The minimum absolute atomic E-state index is 0.373. The summed E-state index contributed by atoms with van der Waals surface area (Å²) in [6.45, 7) is 2.09. The van der Waals surface area contributed by atoms with E-state index in [4.69, 9.17) is 9.84 Å². The maximum Gasteiger partial charge on any atom is 0.106 e. The van der Waals surface area contributed by atoms with E-state index in [1.54, 1.807) is 6.92 Å². The first-order valence-corrected chi connectivity index (χ1v) is 4.27. The van der Waals surface area contributed by atoms with Crippen LogP contribution < -0.4 is 0 Å². The Kier molecular flexibility index (Phi) is 3.46. The second kappa shape index (κ2) is 4.18. The minimum Gasteiger partial charge on any atom is -0.393 e. The highest BCUT2D eigenvalue weighted by molar-refractivity contribution is 4.81. The van der Waals surface area contributed by atoms with E-state index < -0.39 is 24.4 Å². The van der Waals surface area contributed by atoms with Crippen molar-refractivity contribution in [3.8, 4) is 0 Å². The van der Waals surface area contributed by atoms with E-state index in [-0.39, 0.29) is 0 Å². The van der Waals surface area contributed by atoms with Crippen LogP contribution in [0.25, 0.3) is 0 Å². The van der Waals surface area contributed by atoms with Gasteiger partial charge in [0.05, 0.1) is 18.3 Å². The van der Waals surface area contributed by atoms with Gasteiger partial charge < -0.3 is 20.1 Å². The first kappa shape index (κ1) is 9.92. The fourth-order valence-corrected chi connectivity index (χ4v) is 1.40. The van der Waals surface area contributed by atoms with Crippen LogP contribution in [0.1, 0.15) is 19.8 Å². The van der Waals surface area contributed by atoms with Crippen LogP contribution in [0.15, 0.2) is 0 Å². The van der Waals surface area contributed by atoms with Crippen LogP contribution in [0.4, 0.5) is 0 Å². The molecule has 72 valence electrons.